The zero-order chi connectivity index (χ0) is 16.3. The van der Waals surface area contributed by atoms with Gasteiger partial charge in [0.2, 0.25) is 10.0 Å². The minimum Gasteiger partial charge on any atom is -0.383 e. The van der Waals surface area contributed by atoms with Gasteiger partial charge < -0.3 is 10.1 Å². The van der Waals surface area contributed by atoms with Crippen LogP contribution < -0.4 is 10.0 Å². The van der Waals surface area contributed by atoms with E-state index in [2.05, 4.69) is 10.0 Å². The first-order valence-corrected chi connectivity index (χ1v) is 8.52. The van der Waals surface area contributed by atoms with Gasteiger partial charge in [0.05, 0.1) is 17.2 Å². The maximum Gasteiger partial charge on any atom is 0.242 e. The second-order valence-electron chi connectivity index (χ2n) is 5.33. The van der Waals surface area contributed by atoms with Gasteiger partial charge >= 0.3 is 0 Å². The van der Waals surface area contributed by atoms with E-state index in [4.69, 9.17) is 27.9 Å². The summed E-state index contributed by atoms with van der Waals surface area (Å²) in [6, 6.07) is 2.92. The van der Waals surface area contributed by atoms with E-state index in [1.54, 1.807) is 20.9 Å². The number of rotatable bonds is 7. The molecule has 0 spiro atoms. The third kappa shape index (κ3) is 5.09. The van der Waals surface area contributed by atoms with Crippen molar-refractivity contribution in [3.63, 3.8) is 0 Å². The van der Waals surface area contributed by atoms with E-state index in [-0.39, 0.29) is 16.5 Å². The number of methoxy groups -OCH3 is 1. The maximum absolute atomic E-state index is 12.5. The van der Waals surface area contributed by atoms with E-state index in [0.717, 1.165) is 0 Å². The highest BCUT2D eigenvalue weighted by atomic mass is 35.5. The summed E-state index contributed by atoms with van der Waals surface area (Å²) in [5, 5.41) is 3.43. The molecule has 8 heteroatoms. The summed E-state index contributed by atoms with van der Waals surface area (Å²) in [7, 11) is -0.517. The number of ether oxygens (including phenoxy) is 1. The summed E-state index contributed by atoms with van der Waals surface area (Å²) in [5.41, 5.74) is -0.0896. The van der Waals surface area contributed by atoms with Crippen molar-refractivity contribution < 1.29 is 13.2 Å². The summed E-state index contributed by atoms with van der Waals surface area (Å²) in [6.07, 6.45) is 0. The van der Waals surface area contributed by atoms with Crippen LogP contribution in [0, 0.1) is 0 Å². The Hall–Kier alpha value is -0.370. The lowest BCUT2D eigenvalue weighted by molar-refractivity contribution is 0.141. The minimum atomic E-state index is -3.78. The molecular formula is C13H20Cl2N2O3S. The third-order valence-electron chi connectivity index (χ3n) is 2.67. The molecule has 0 unspecified atom stereocenters. The zero-order valence-electron chi connectivity index (χ0n) is 12.5. The predicted molar refractivity (Wildman–Crippen MR) is 85.5 cm³/mol. The summed E-state index contributed by atoms with van der Waals surface area (Å²) >= 11 is 12.1. The molecule has 0 amide bonds. The minimum absolute atomic E-state index is 0.00277. The molecule has 0 saturated heterocycles. The number of halogens is 2. The molecule has 0 fully saturated rings. The van der Waals surface area contributed by atoms with Crippen LogP contribution >= 0.6 is 23.2 Å². The van der Waals surface area contributed by atoms with Crippen LogP contribution in [0.5, 0.6) is 0 Å². The number of benzene rings is 1. The molecule has 21 heavy (non-hydrogen) atoms. The molecule has 2 N–H and O–H groups in total. The largest absolute Gasteiger partial charge is 0.383 e. The summed E-state index contributed by atoms with van der Waals surface area (Å²) < 4.78 is 32.6. The first-order valence-electron chi connectivity index (χ1n) is 6.28. The van der Waals surface area contributed by atoms with Crippen LogP contribution in [0.25, 0.3) is 0 Å². The molecule has 1 aromatic rings. The highest BCUT2D eigenvalue weighted by Crippen LogP contribution is 2.29. The molecule has 0 saturated carbocycles. The normalized spacial score (nSPS) is 12.7. The van der Waals surface area contributed by atoms with Gasteiger partial charge in [0.25, 0.3) is 0 Å². The van der Waals surface area contributed by atoms with Gasteiger partial charge in [-0.1, -0.05) is 23.2 Å². The number of hydrogen-bond donors (Lipinski definition) is 2. The van der Waals surface area contributed by atoms with Crippen LogP contribution in [0.15, 0.2) is 17.0 Å². The first-order chi connectivity index (χ1) is 9.63. The zero-order valence-corrected chi connectivity index (χ0v) is 14.8. The van der Waals surface area contributed by atoms with Gasteiger partial charge in [-0.3, -0.25) is 0 Å². The summed E-state index contributed by atoms with van der Waals surface area (Å²) in [6.45, 7) is 4.14. The Morgan fingerprint density at radius 1 is 1.24 bits per heavy atom. The van der Waals surface area contributed by atoms with Crippen molar-refractivity contribution in [2.24, 2.45) is 0 Å². The Bertz CT molecular complexity index is 604. The van der Waals surface area contributed by atoms with Crippen molar-refractivity contribution in [3.8, 4) is 0 Å². The molecule has 5 nitrogen and oxygen atoms in total. The SMILES string of the molecule is CNCc1cc(S(=O)(=O)NC(C)(C)COC)c(Cl)cc1Cl. The van der Waals surface area contributed by atoms with Gasteiger partial charge in [0.1, 0.15) is 4.90 Å². The van der Waals surface area contributed by atoms with Crippen molar-refractivity contribution in [2.45, 2.75) is 30.8 Å². The van der Waals surface area contributed by atoms with Crippen LogP contribution in [-0.2, 0) is 21.3 Å². The highest BCUT2D eigenvalue weighted by Gasteiger charge is 2.28. The molecule has 0 bridgehead atoms. The Labute approximate surface area is 136 Å². The van der Waals surface area contributed by atoms with E-state index in [9.17, 15) is 8.42 Å². The van der Waals surface area contributed by atoms with Crippen LogP contribution in [0.4, 0.5) is 0 Å². The molecule has 0 aliphatic rings. The highest BCUT2D eigenvalue weighted by molar-refractivity contribution is 7.89. The number of nitrogens with one attached hydrogen (secondary N) is 2. The van der Waals surface area contributed by atoms with Crippen molar-refractivity contribution in [2.75, 3.05) is 20.8 Å². The lowest BCUT2D eigenvalue weighted by atomic mass is 10.1. The monoisotopic (exact) mass is 354 g/mol. The fourth-order valence-corrected chi connectivity index (χ4v) is 4.18. The van der Waals surface area contributed by atoms with Crippen molar-refractivity contribution in [3.05, 3.63) is 27.7 Å². The molecule has 1 rings (SSSR count). The Kier molecular flexibility index (Phi) is 6.46. The van der Waals surface area contributed by atoms with Gasteiger partial charge in [-0.25, -0.2) is 13.1 Å². The van der Waals surface area contributed by atoms with Crippen LogP contribution in [0.3, 0.4) is 0 Å². The predicted octanol–water partition coefficient (Wildman–Crippen LogP) is 2.42. The van der Waals surface area contributed by atoms with Crippen LogP contribution in [0.2, 0.25) is 10.0 Å². The fourth-order valence-electron chi connectivity index (χ4n) is 1.91. The molecule has 0 atom stereocenters. The molecule has 0 radical (unpaired) electrons. The number of sulfonamides is 1. The van der Waals surface area contributed by atoms with E-state index >= 15 is 0 Å². The summed E-state index contributed by atoms with van der Waals surface area (Å²) in [5.74, 6) is 0. The van der Waals surface area contributed by atoms with Crippen LogP contribution in [-0.4, -0.2) is 34.7 Å². The lowest BCUT2D eigenvalue weighted by Crippen LogP contribution is -2.46. The third-order valence-corrected chi connectivity index (χ3v) is 5.19. The van der Waals surface area contributed by atoms with E-state index < -0.39 is 15.6 Å². The standard InChI is InChI=1S/C13H20Cl2N2O3S/c1-13(2,8-20-4)17-21(18,19)12-5-9(7-16-3)10(14)6-11(12)15/h5-6,16-17H,7-8H2,1-4H3. The second kappa shape index (κ2) is 7.26. The molecule has 120 valence electrons. The van der Waals surface area contributed by atoms with Crippen LogP contribution in [0.1, 0.15) is 19.4 Å². The van der Waals surface area contributed by atoms with E-state index in [1.807, 2.05) is 0 Å². The van der Waals surface area contributed by atoms with E-state index in [1.165, 1.54) is 19.2 Å². The maximum atomic E-state index is 12.5. The van der Waals surface area contributed by atoms with Gasteiger partial charge in [-0.2, -0.15) is 0 Å². The quantitative estimate of drug-likeness (QED) is 0.788. The molecule has 0 aromatic heterocycles. The first kappa shape index (κ1) is 18.7. The van der Waals surface area contributed by atoms with Crippen molar-refractivity contribution in [1.29, 1.82) is 0 Å². The Morgan fingerprint density at radius 2 is 1.86 bits per heavy atom. The van der Waals surface area contributed by atoms with Gasteiger partial charge in [-0.05, 0) is 38.6 Å². The molecule has 0 aliphatic carbocycles. The summed E-state index contributed by atoms with van der Waals surface area (Å²) in [4.78, 5) is 0.00277. The molecule has 0 aliphatic heterocycles. The van der Waals surface area contributed by atoms with E-state index in [0.29, 0.717) is 17.1 Å². The van der Waals surface area contributed by atoms with Crippen molar-refractivity contribution >= 4 is 33.2 Å². The molecular weight excluding hydrogens is 335 g/mol. The fraction of sp³-hybridized carbons (Fsp3) is 0.538. The van der Waals surface area contributed by atoms with Crippen molar-refractivity contribution in [1.82, 2.24) is 10.0 Å². The Balaban J connectivity index is 3.22. The van der Waals surface area contributed by atoms with Gasteiger partial charge in [-0.15, -0.1) is 0 Å². The topological polar surface area (TPSA) is 67.4 Å². The Morgan fingerprint density at radius 3 is 2.38 bits per heavy atom. The number of hydrogen-bond acceptors (Lipinski definition) is 4. The van der Waals surface area contributed by atoms with Gasteiger partial charge in [0.15, 0.2) is 0 Å². The average Bonchev–Trinajstić information content (AvgIpc) is 2.30. The molecule has 1 aromatic carbocycles. The molecule has 0 heterocycles. The smallest absolute Gasteiger partial charge is 0.242 e. The van der Waals surface area contributed by atoms with Gasteiger partial charge in [0, 0.05) is 18.7 Å². The second-order valence-corrected chi connectivity index (χ2v) is 7.79. The lowest BCUT2D eigenvalue weighted by Gasteiger charge is -2.25. The average molecular weight is 355 g/mol.